The first-order valence-corrected chi connectivity index (χ1v) is 5.50. The van der Waals surface area contributed by atoms with Gasteiger partial charge in [0, 0.05) is 12.5 Å². The predicted octanol–water partition coefficient (Wildman–Crippen LogP) is 0.764. The van der Waals surface area contributed by atoms with Crippen LogP contribution in [0.3, 0.4) is 0 Å². The summed E-state index contributed by atoms with van der Waals surface area (Å²) in [6.45, 7) is 5.16. The molecule has 0 fully saturated rings. The molecule has 0 saturated heterocycles. The van der Waals surface area contributed by atoms with E-state index in [2.05, 4.69) is 5.32 Å². The number of hydrogen-bond donors (Lipinski definition) is 3. The van der Waals surface area contributed by atoms with Crippen LogP contribution in [0.5, 0.6) is 0 Å². The smallest absolute Gasteiger partial charge is 0.306 e. The molecular weight excluding hydrogens is 210 g/mol. The number of rotatable bonds is 7. The number of carboxylic acids is 1. The molecule has 0 spiro atoms. The van der Waals surface area contributed by atoms with Crippen molar-refractivity contribution < 1.29 is 19.8 Å². The van der Waals surface area contributed by atoms with E-state index in [1.807, 2.05) is 13.8 Å². The van der Waals surface area contributed by atoms with Crippen molar-refractivity contribution in [3.8, 4) is 0 Å². The first-order valence-electron chi connectivity index (χ1n) is 5.50. The van der Waals surface area contributed by atoms with Crippen molar-refractivity contribution in [2.24, 2.45) is 5.92 Å². The molecule has 0 radical (unpaired) electrons. The molecule has 3 N–H and O–H groups in total. The van der Waals surface area contributed by atoms with Crippen LogP contribution < -0.4 is 5.32 Å². The van der Waals surface area contributed by atoms with Crippen molar-refractivity contribution in [3.63, 3.8) is 0 Å². The van der Waals surface area contributed by atoms with Gasteiger partial charge in [-0.2, -0.15) is 0 Å². The van der Waals surface area contributed by atoms with Gasteiger partial charge in [0.1, 0.15) is 0 Å². The highest BCUT2D eigenvalue weighted by atomic mass is 16.4. The van der Waals surface area contributed by atoms with Crippen LogP contribution in [0, 0.1) is 5.92 Å². The second-order valence-electron chi connectivity index (χ2n) is 4.47. The normalized spacial score (nSPS) is 16.2. The third kappa shape index (κ3) is 6.40. The van der Waals surface area contributed by atoms with E-state index in [4.69, 9.17) is 5.11 Å². The lowest BCUT2D eigenvalue weighted by atomic mass is 10.0. The van der Waals surface area contributed by atoms with Gasteiger partial charge in [-0.05, 0) is 13.3 Å². The maximum atomic E-state index is 11.5. The molecule has 0 saturated carbocycles. The van der Waals surface area contributed by atoms with Gasteiger partial charge in [0.25, 0.3) is 0 Å². The van der Waals surface area contributed by atoms with Gasteiger partial charge in [-0.1, -0.05) is 20.3 Å². The largest absolute Gasteiger partial charge is 0.481 e. The van der Waals surface area contributed by atoms with Crippen LogP contribution in [-0.2, 0) is 9.59 Å². The maximum absolute atomic E-state index is 11.5. The van der Waals surface area contributed by atoms with E-state index in [9.17, 15) is 14.7 Å². The number of hydrogen-bond acceptors (Lipinski definition) is 3. The molecule has 0 aliphatic rings. The molecule has 0 rings (SSSR count). The number of carboxylic acid groups (broad SMARTS) is 1. The average molecular weight is 231 g/mol. The third-order valence-electron chi connectivity index (χ3n) is 2.34. The van der Waals surface area contributed by atoms with Crippen molar-refractivity contribution in [1.29, 1.82) is 0 Å². The van der Waals surface area contributed by atoms with Gasteiger partial charge in [-0.15, -0.1) is 0 Å². The Labute approximate surface area is 95.9 Å². The molecule has 0 aliphatic carbocycles. The number of aliphatic carboxylic acids is 1. The summed E-state index contributed by atoms with van der Waals surface area (Å²) < 4.78 is 0. The van der Waals surface area contributed by atoms with Gasteiger partial charge in [0.2, 0.25) is 5.91 Å². The third-order valence-corrected chi connectivity index (χ3v) is 2.34. The van der Waals surface area contributed by atoms with Crippen molar-refractivity contribution in [2.45, 2.75) is 45.6 Å². The number of aliphatic hydroxyl groups is 1. The minimum absolute atomic E-state index is 0.0355. The molecule has 5 nitrogen and oxygen atoms in total. The highest BCUT2D eigenvalue weighted by Gasteiger charge is 2.25. The Morgan fingerprint density at radius 1 is 1.44 bits per heavy atom. The van der Waals surface area contributed by atoms with Crippen LogP contribution in [-0.4, -0.2) is 34.2 Å². The lowest BCUT2D eigenvalue weighted by molar-refractivity contribution is -0.142. The summed E-state index contributed by atoms with van der Waals surface area (Å²) in [5, 5.41) is 20.7. The number of carbonyl (C=O) groups excluding carboxylic acids is 1. The molecular formula is C11H21NO4. The summed E-state index contributed by atoms with van der Waals surface area (Å²) >= 11 is 0. The molecule has 0 aromatic rings. The number of nitrogens with one attached hydrogen (secondary N) is 1. The molecule has 1 amide bonds. The maximum Gasteiger partial charge on any atom is 0.306 e. The van der Waals surface area contributed by atoms with Gasteiger partial charge < -0.3 is 15.5 Å². The molecule has 0 aromatic heterocycles. The first kappa shape index (κ1) is 14.9. The fraction of sp³-hybridized carbons (Fsp3) is 0.818. The Morgan fingerprint density at radius 3 is 2.44 bits per heavy atom. The molecule has 2 unspecified atom stereocenters. The highest BCUT2D eigenvalue weighted by molar-refractivity contribution is 5.78. The predicted molar refractivity (Wildman–Crippen MR) is 60.0 cm³/mol. The van der Waals surface area contributed by atoms with Crippen molar-refractivity contribution in [1.82, 2.24) is 5.32 Å². The zero-order chi connectivity index (χ0) is 12.8. The second kappa shape index (κ2) is 6.48. The average Bonchev–Trinajstić information content (AvgIpc) is 2.12. The second-order valence-corrected chi connectivity index (χ2v) is 4.47. The summed E-state index contributed by atoms with van der Waals surface area (Å²) in [7, 11) is 0. The highest BCUT2D eigenvalue weighted by Crippen LogP contribution is 2.09. The standard InChI is InChI=1S/C11H21NO4/c1-4-5-8(2)10(15)12-7-11(3,16)6-9(13)14/h8,16H,4-7H2,1-3H3,(H,12,15)(H,13,14). The molecule has 0 heterocycles. The lowest BCUT2D eigenvalue weighted by Crippen LogP contribution is -2.43. The molecule has 16 heavy (non-hydrogen) atoms. The monoisotopic (exact) mass is 231 g/mol. The topological polar surface area (TPSA) is 86.6 Å². The Kier molecular flexibility index (Phi) is 6.03. The van der Waals surface area contributed by atoms with Crippen molar-refractivity contribution >= 4 is 11.9 Å². The van der Waals surface area contributed by atoms with Crippen LogP contribution in [0.1, 0.15) is 40.0 Å². The zero-order valence-corrected chi connectivity index (χ0v) is 10.1. The summed E-state index contributed by atoms with van der Waals surface area (Å²) in [6, 6.07) is 0. The molecule has 5 heteroatoms. The van der Waals surface area contributed by atoms with E-state index >= 15 is 0 Å². The van der Waals surface area contributed by atoms with Gasteiger partial charge in [0.05, 0.1) is 12.0 Å². The molecule has 0 bridgehead atoms. The Bertz CT molecular complexity index is 250. The van der Waals surface area contributed by atoms with Gasteiger partial charge in [-0.3, -0.25) is 9.59 Å². The fourth-order valence-corrected chi connectivity index (χ4v) is 1.40. The molecule has 94 valence electrons. The fourth-order valence-electron chi connectivity index (χ4n) is 1.40. The Morgan fingerprint density at radius 2 is 2.00 bits per heavy atom. The van der Waals surface area contributed by atoms with Crippen LogP contribution in [0.15, 0.2) is 0 Å². The Hall–Kier alpha value is -1.10. The van der Waals surface area contributed by atoms with Crippen molar-refractivity contribution in [3.05, 3.63) is 0 Å². The number of carbonyl (C=O) groups is 2. The van der Waals surface area contributed by atoms with E-state index in [0.717, 1.165) is 12.8 Å². The summed E-state index contributed by atoms with van der Waals surface area (Å²) in [4.78, 5) is 21.9. The van der Waals surface area contributed by atoms with Crippen LogP contribution in [0.2, 0.25) is 0 Å². The summed E-state index contributed by atoms with van der Waals surface area (Å²) in [5.74, 6) is -1.33. The zero-order valence-electron chi connectivity index (χ0n) is 10.1. The molecule has 2 atom stereocenters. The lowest BCUT2D eigenvalue weighted by Gasteiger charge is -2.22. The SMILES string of the molecule is CCCC(C)C(=O)NCC(C)(O)CC(=O)O. The van der Waals surface area contributed by atoms with Crippen LogP contribution in [0.25, 0.3) is 0 Å². The van der Waals surface area contributed by atoms with Crippen LogP contribution >= 0.6 is 0 Å². The van der Waals surface area contributed by atoms with Gasteiger partial charge >= 0.3 is 5.97 Å². The Balaban J connectivity index is 4.03. The number of amides is 1. The quantitative estimate of drug-likeness (QED) is 0.604. The molecule has 0 aromatic carbocycles. The van der Waals surface area contributed by atoms with E-state index < -0.39 is 11.6 Å². The van der Waals surface area contributed by atoms with Gasteiger partial charge in [-0.25, -0.2) is 0 Å². The summed E-state index contributed by atoms with van der Waals surface area (Å²) in [6.07, 6.45) is 1.32. The van der Waals surface area contributed by atoms with Crippen LogP contribution in [0.4, 0.5) is 0 Å². The minimum atomic E-state index is -1.40. The minimum Gasteiger partial charge on any atom is -0.481 e. The van der Waals surface area contributed by atoms with E-state index in [-0.39, 0.29) is 24.8 Å². The van der Waals surface area contributed by atoms with Crippen molar-refractivity contribution in [2.75, 3.05) is 6.54 Å². The van der Waals surface area contributed by atoms with E-state index in [1.54, 1.807) is 0 Å². The van der Waals surface area contributed by atoms with Gasteiger partial charge in [0.15, 0.2) is 0 Å². The van der Waals surface area contributed by atoms with E-state index in [1.165, 1.54) is 6.92 Å². The first-order chi connectivity index (χ1) is 7.28. The van der Waals surface area contributed by atoms with E-state index in [0.29, 0.717) is 0 Å². The molecule has 0 aliphatic heterocycles. The summed E-state index contributed by atoms with van der Waals surface area (Å²) in [5.41, 5.74) is -1.40.